The maximum absolute atomic E-state index is 12.1. The van der Waals surface area contributed by atoms with Crippen LogP contribution in [0.4, 0.5) is 10.5 Å². The molecule has 1 rings (SSSR count). The summed E-state index contributed by atoms with van der Waals surface area (Å²) in [5.41, 5.74) is -0.266. The Balaban J connectivity index is 2.68. The van der Waals surface area contributed by atoms with E-state index < -0.39 is 11.4 Å². The first-order chi connectivity index (χ1) is 9.84. The van der Waals surface area contributed by atoms with Crippen molar-refractivity contribution in [2.75, 3.05) is 25.6 Å². The van der Waals surface area contributed by atoms with E-state index in [-0.39, 0.29) is 12.6 Å². The summed E-state index contributed by atoms with van der Waals surface area (Å²) >= 11 is 0. The number of carbonyl (C=O) groups is 2. The number of rotatable bonds is 6. The second kappa shape index (κ2) is 6.97. The van der Waals surface area contributed by atoms with E-state index in [1.54, 1.807) is 52.3 Å². The molecule has 1 aromatic carbocycles. The number of amides is 2. The molecule has 0 heterocycles. The van der Waals surface area contributed by atoms with E-state index in [9.17, 15) is 14.7 Å². The van der Waals surface area contributed by atoms with Crippen LogP contribution in [0.15, 0.2) is 24.3 Å². The zero-order valence-electron chi connectivity index (χ0n) is 12.8. The van der Waals surface area contributed by atoms with Gasteiger partial charge in [-0.05, 0) is 37.6 Å². The highest BCUT2D eigenvalue weighted by Gasteiger charge is 2.31. The van der Waals surface area contributed by atoms with Gasteiger partial charge >= 0.3 is 12.0 Å². The Hall–Kier alpha value is -2.24. The van der Waals surface area contributed by atoms with Crippen molar-refractivity contribution in [3.8, 4) is 5.75 Å². The van der Waals surface area contributed by atoms with Gasteiger partial charge in [-0.2, -0.15) is 0 Å². The predicted octanol–water partition coefficient (Wildman–Crippen LogP) is 2.34. The Labute approximate surface area is 124 Å². The molecule has 2 amide bonds. The maximum Gasteiger partial charge on any atom is 0.321 e. The minimum absolute atomic E-state index is 0.0815. The third kappa shape index (κ3) is 4.11. The second-order valence-electron chi connectivity index (χ2n) is 5.14. The molecule has 0 spiro atoms. The van der Waals surface area contributed by atoms with Gasteiger partial charge in [0.1, 0.15) is 5.75 Å². The monoisotopic (exact) mass is 294 g/mol. The minimum Gasteiger partial charge on any atom is -0.497 e. The van der Waals surface area contributed by atoms with Crippen LogP contribution in [0.1, 0.15) is 20.3 Å². The van der Waals surface area contributed by atoms with Crippen LogP contribution in [0.2, 0.25) is 0 Å². The van der Waals surface area contributed by atoms with Gasteiger partial charge in [0.25, 0.3) is 0 Å². The number of carboxylic acids is 1. The molecule has 0 aliphatic carbocycles. The van der Waals surface area contributed by atoms with Crippen molar-refractivity contribution in [3.05, 3.63) is 24.3 Å². The molecule has 21 heavy (non-hydrogen) atoms. The first kappa shape index (κ1) is 16.8. The number of hydrogen-bond donors (Lipinski definition) is 2. The topological polar surface area (TPSA) is 78.9 Å². The summed E-state index contributed by atoms with van der Waals surface area (Å²) in [5, 5.41) is 11.8. The lowest BCUT2D eigenvalue weighted by Crippen LogP contribution is -2.45. The van der Waals surface area contributed by atoms with Gasteiger partial charge in [-0.3, -0.25) is 9.69 Å². The van der Waals surface area contributed by atoms with Crippen LogP contribution in [-0.4, -0.2) is 37.8 Å². The van der Waals surface area contributed by atoms with Crippen molar-refractivity contribution < 1.29 is 19.4 Å². The molecule has 6 heteroatoms. The quantitative estimate of drug-likeness (QED) is 0.844. The molecule has 0 radical (unpaired) electrons. The van der Waals surface area contributed by atoms with Crippen molar-refractivity contribution in [2.45, 2.75) is 20.3 Å². The fourth-order valence-corrected chi connectivity index (χ4v) is 1.66. The highest BCUT2D eigenvalue weighted by atomic mass is 16.5. The summed E-state index contributed by atoms with van der Waals surface area (Å²) in [6.07, 6.45) is 0.439. The van der Waals surface area contributed by atoms with E-state index in [0.29, 0.717) is 17.9 Å². The summed E-state index contributed by atoms with van der Waals surface area (Å²) in [7, 11) is 3.20. The number of nitrogens with one attached hydrogen (secondary N) is 1. The molecule has 6 nitrogen and oxygen atoms in total. The third-order valence-electron chi connectivity index (χ3n) is 3.69. The van der Waals surface area contributed by atoms with Gasteiger partial charge in [0, 0.05) is 19.3 Å². The number of aliphatic carboxylic acids is 1. The molecule has 0 aromatic heterocycles. The largest absolute Gasteiger partial charge is 0.497 e. The lowest BCUT2D eigenvalue weighted by Gasteiger charge is -2.25. The lowest BCUT2D eigenvalue weighted by atomic mass is 9.88. The van der Waals surface area contributed by atoms with E-state index in [0.717, 1.165) is 0 Å². The van der Waals surface area contributed by atoms with Gasteiger partial charge in [-0.25, -0.2) is 4.79 Å². The molecule has 0 saturated heterocycles. The van der Waals surface area contributed by atoms with Crippen LogP contribution in [-0.2, 0) is 4.79 Å². The summed E-state index contributed by atoms with van der Waals surface area (Å²) in [4.78, 5) is 24.7. The van der Waals surface area contributed by atoms with Crippen LogP contribution in [0, 0.1) is 5.41 Å². The molecule has 1 aromatic rings. The molecule has 0 bridgehead atoms. The molecule has 0 aliphatic heterocycles. The van der Waals surface area contributed by atoms with E-state index in [1.807, 2.05) is 0 Å². The Morgan fingerprint density at radius 2 is 1.90 bits per heavy atom. The van der Waals surface area contributed by atoms with Crippen LogP contribution in [0.5, 0.6) is 5.75 Å². The summed E-state index contributed by atoms with van der Waals surface area (Å²) in [6, 6.07) is 6.68. The van der Waals surface area contributed by atoms with Crippen molar-refractivity contribution in [2.24, 2.45) is 5.41 Å². The highest BCUT2D eigenvalue weighted by Crippen LogP contribution is 2.21. The van der Waals surface area contributed by atoms with Gasteiger partial charge in [0.15, 0.2) is 0 Å². The fraction of sp³-hybridized carbons (Fsp3) is 0.467. The summed E-state index contributed by atoms with van der Waals surface area (Å²) < 4.78 is 5.06. The van der Waals surface area contributed by atoms with Gasteiger partial charge in [-0.1, -0.05) is 6.92 Å². The van der Waals surface area contributed by atoms with E-state index in [4.69, 9.17) is 4.74 Å². The van der Waals surface area contributed by atoms with E-state index >= 15 is 0 Å². The number of carboxylic acid groups (broad SMARTS) is 1. The second-order valence-corrected chi connectivity index (χ2v) is 5.14. The first-order valence-electron chi connectivity index (χ1n) is 6.73. The van der Waals surface area contributed by atoms with Crippen molar-refractivity contribution >= 4 is 17.7 Å². The van der Waals surface area contributed by atoms with Gasteiger partial charge in [0.2, 0.25) is 0 Å². The number of methoxy groups -OCH3 is 1. The third-order valence-corrected chi connectivity index (χ3v) is 3.69. The molecular formula is C15H22N2O4. The van der Waals surface area contributed by atoms with Gasteiger partial charge in [0.05, 0.1) is 12.5 Å². The smallest absolute Gasteiger partial charge is 0.321 e. The standard InChI is InChI=1S/C15H22N2O4/c1-5-15(2,13(18)19)10-16-14(20)17(3)11-6-8-12(21-4)9-7-11/h6-9H,5,10H2,1-4H3,(H,16,20)(H,18,19). The number of ether oxygens (including phenoxy) is 1. The number of hydrogen-bond acceptors (Lipinski definition) is 3. The molecular weight excluding hydrogens is 272 g/mol. The van der Waals surface area contributed by atoms with Crippen LogP contribution >= 0.6 is 0 Å². The molecule has 116 valence electrons. The Morgan fingerprint density at radius 1 is 1.33 bits per heavy atom. The van der Waals surface area contributed by atoms with Crippen LogP contribution in [0.3, 0.4) is 0 Å². The average molecular weight is 294 g/mol. The fourth-order valence-electron chi connectivity index (χ4n) is 1.66. The number of nitrogens with zero attached hydrogens (tertiary/aromatic N) is 1. The summed E-state index contributed by atoms with van der Waals surface area (Å²) in [5.74, 6) is -0.214. The Bertz CT molecular complexity index is 501. The van der Waals surface area contributed by atoms with Gasteiger partial charge < -0.3 is 15.2 Å². The SMILES string of the molecule is CCC(C)(CNC(=O)N(C)c1ccc(OC)cc1)C(=O)O. The predicted molar refractivity (Wildman–Crippen MR) is 80.8 cm³/mol. The molecule has 2 N–H and O–H groups in total. The zero-order chi connectivity index (χ0) is 16.0. The van der Waals surface area contributed by atoms with Crippen molar-refractivity contribution in [1.29, 1.82) is 0 Å². The normalized spacial score (nSPS) is 13.1. The molecule has 0 saturated carbocycles. The number of anilines is 1. The number of carbonyl (C=O) groups excluding carboxylic acids is 1. The maximum atomic E-state index is 12.1. The van der Waals surface area contributed by atoms with Crippen molar-refractivity contribution in [1.82, 2.24) is 5.32 Å². The number of urea groups is 1. The zero-order valence-corrected chi connectivity index (χ0v) is 12.8. The van der Waals surface area contributed by atoms with Crippen molar-refractivity contribution in [3.63, 3.8) is 0 Å². The lowest BCUT2D eigenvalue weighted by molar-refractivity contribution is -0.147. The number of benzene rings is 1. The average Bonchev–Trinajstić information content (AvgIpc) is 2.51. The van der Waals surface area contributed by atoms with Crippen LogP contribution < -0.4 is 15.0 Å². The Morgan fingerprint density at radius 3 is 2.33 bits per heavy atom. The molecule has 0 fully saturated rings. The Kier molecular flexibility index (Phi) is 5.58. The van der Waals surface area contributed by atoms with E-state index in [2.05, 4.69) is 5.32 Å². The molecule has 1 unspecified atom stereocenters. The van der Waals surface area contributed by atoms with E-state index in [1.165, 1.54) is 4.90 Å². The summed E-state index contributed by atoms with van der Waals surface area (Å²) in [6.45, 7) is 3.48. The van der Waals surface area contributed by atoms with Crippen LogP contribution in [0.25, 0.3) is 0 Å². The van der Waals surface area contributed by atoms with Gasteiger partial charge in [-0.15, -0.1) is 0 Å². The highest BCUT2D eigenvalue weighted by molar-refractivity contribution is 5.91. The molecule has 0 aliphatic rings. The first-order valence-corrected chi connectivity index (χ1v) is 6.73. The molecule has 1 atom stereocenters. The minimum atomic E-state index is -0.962.